The lowest BCUT2D eigenvalue weighted by Gasteiger charge is -2.27. The van der Waals surface area contributed by atoms with Crippen LogP contribution in [0.4, 0.5) is 0 Å². The third kappa shape index (κ3) is 3.82. The van der Waals surface area contributed by atoms with E-state index in [-0.39, 0.29) is 0 Å². The van der Waals surface area contributed by atoms with E-state index in [1.54, 1.807) is 0 Å². The Balaban J connectivity index is 1.76. The van der Waals surface area contributed by atoms with Crippen LogP contribution < -0.4 is 5.32 Å². The molecule has 0 radical (unpaired) electrons. The standard InChI is InChI=1S/C13H23N3O/c1-3-5-16-10-12(9-15-16)8-14-13-4-6-17-11(2)7-13/h9-11,13-14H,3-8H2,1-2H3. The third-order valence-corrected chi connectivity index (χ3v) is 3.22. The summed E-state index contributed by atoms with van der Waals surface area (Å²) >= 11 is 0. The maximum absolute atomic E-state index is 5.54. The molecular formula is C13H23N3O. The highest BCUT2D eigenvalue weighted by Crippen LogP contribution is 2.13. The fourth-order valence-corrected chi connectivity index (χ4v) is 2.29. The molecule has 1 aliphatic rings. The zero-order valence-electron chi connectivity index (χ0n) is 10.9. The van der Waals surface area contributed by atoms with Crippen molar-refractivity contribution in [2.24, 2.45) is 0 Å². The molecule has 1 saturated heterocycles. The van der Waals surface area contributed by atoms with E-state index in [0.29, 0.717) is 12.1 Å². The van der Waals surface area contributed by atoms with Crippen LogP contribution in [0.2, 0.25) is 0 Å². The van der Waals surface area contributed by atoms with E-state index in [9.17, 15) is 0 Å². The first-order valence-corrected chi connectivity index (χ1v) is 6.64. The number of nitrogens with one attached hydrogen (secondary N) is 1. The SMILES string of the molecule is CCCn1cc(CNC2CCOC(C)C2)cn1. The summed E-state index contributed by atoms with van der Waals surface area (Å²) in [4.78, 5) is 0. The van der Waals surface area contributed by atoms with Crippen LogP contribution in [-0.2, 0) is 17.8 Å². The highest BCUT2D eigenvalue weighted by atomic mass is 16.5. The van der Waals surface area contributed by atoms with Crippen molar-refractivity contribution in [1.29, 1.82) is 0 Å². The van der Waals surface area contributed by atoms with Gasteiger partial charge in [0.25, 0.3) is 0 Å². The highest BCUT2D eigenvalue weighted by molar-refractivity contribution is 5.03. The Morgan fingerprint density at radius 3 is 3.24 bits per heavy atom. The number of nitrogens with zero attached hydrogens (tertiary/aromatic N) is 2. The molecule has 0 aromatic carbocycles. The Labute approximate surface area is 103 Å². The van der Waals surface area contributed by atoms with Gasteiger partial charge in [-0.15, -0.1) is 0 Å². The molecule has 1 aromatic rings. The molecule has 96 valence electrons. The monoisotopic (exact) mass is 237 g/mol. The molecule has 2 atom stereocenters. The van der Waals surface area contributed by atoms with Gasteiger partial charge in [-0.3, -0.25) is 4.68 Å². The maximum Gasteiger partial charge on any atom is 0.0561 e. The topological polar surface area (TPSA) is 39.1 Å². The van der Waals surface area contributed by atoms with Crippen LogP contribution in [0, 0.1) is 0 Å². The van der Waals surface area contributed by atoms with Crippen LogP contribution >= 0.6 is 0 Å². The van der Waals surface area contributed by atoms with Gasteiger partial charge in [0.1, 0.15) is 0 Å². The van der Waals surface area contributed by atoms with Gasteiger partial charge in [-0.2, -0.15) is 5.10 Å². The summed E-state index contributed by atoms with van der Waals surface area (Å²) in [7, 11) is 0. The molecule has 2 heterocycles. The molecule has 2 unspecified atom stereocenters. The Morgan fingerprint density at radius 1 is 1.59 bits per heavy atom. The van der Waals surface area contributed by atoms with Gasteiger partial charge in [0.15, 0.2) is 0 Å². The van der Waals surface area contributed by atoms with Gasteiger partial charge in [0.05, 0.1) is 12.3 Å². The molecule has 0 amide bonds. The average Bonchev–Trinajstić information content (AvgIpc) is 2.75. The number of hydrogen-bond acceptors (Lipinski definition) is 3. The molecule has 0 spiro atoms. The van der Waals surface area contributed by atoms with Gasteiger partial charge in [-0.05, 0) is 26.2 Å². The number of hydrogen-bond donors (Lipinski definition) is 1. The Kier molecular flexibility index (Phi) is 4.57. The van der Waals surface area contributed by atoms with Gasteiger partial charge in [-0.25, -0.2) is 0 Å². The van der Waals surface area contributed by atoms with Crippen molar-refractivity contribution in [3.63, 3.8) is 0 Å². The van der Waals surface area contributed by atoms with Crippen molar-refractivity contribution in [3.8, 4) is 0 Å². The summed E-state index contributed by atoms with van der Waals surface area (Å²) in [6.07, 6.45) is 7.86. The Morgan fingerprint density at radius 2 is 2.47 bits per heavy atom. The van der Waals surface area contributed by atoms with Gasteiger partial charge < -0.3 is 10.1 Å². The van der Waals surface area contributed by atoms with E-state index in [0.717, 1.165) is 39.0 Å². The number of ether oxygens (including phenoxy) is 1. The third-order valence-electron chi connectivity index (χ3n) is 3.22. The molecule has 0 saturated carbocycles. The molecule has 0 aliphatic carbocycles. The van der Waals surface area contributed by atoms with E-state index >= 15 is 0 Å². The minimum Gasteiger partial charge on any atom is -0.378 e. The van der Waals surface area contributed by atoms with E-state index in [4.69, 9.17) is 4.74 Å². The number of rotatable bonds is 5. The molecule has 1 fully saturated rings. The van der Waals surface area contributed by atoms with Crippen LogP contribution in [-0.4, -0.2) is 28.5 Å². The van der Waals surface area contributed by atoms with Crippen molar-refractivity contribution in [2.75, 3.05) is 6.61 Å². The molecule has 4 heteroatoms. The summed E-state index contributed by atoms with van der Waals surface area (Å²) in [5.74, 6) is 0. The minimum absolute atomic E-state index is 0.393. The fraction of sp³-hybridized carbons (Fsp3) is 0.769. The second-order valence-corrected chi connectivity index (χ2v) is 4.90. The molecule has 1 aromatic heterocycles. The van der Waals surface area contributed by atoms with Gasteiger partial charge in [0, 0.05) is 37.5 Å². The van der Waals surface area contributed by atoms with E-state index in [1.807, 2.05) is 10.9 Å². The summed E-state index contributed by atoms with van der Waals surface area (Å²) in [6.45, 7) is 7.12. The lowest BCUT2D eigenvalue weighted by molar-refractivity contribution is 0.0130. The summed E-state index contributed by atoms with van der Waals surface area (Å²) in [6, 6.07) is 0.591. The van der Waals surface area contributed by atoms with Crippen molar-refractivity contribution in [1.82, 2.24) is 15.1 Å². The quantitative estimate of drug-likeness (QED) is 0.850. The summed E-state index contributed by atoms with van der Waals surface area (Å²) in [5, 5.41) is 7.93. The van der Waals surface area contributed by atoms with E-state index < -0.39 is 0 Å². The lowest BCUT2D eigenvalue weighted by Crippen LogP contribution is -2.37. The van der Waals surface area contributed by atoms with Crippen LogP contribution in [0.1, 0.15) is 38.7 Å². The maximum atomic E-state index is 5.54. The van der Waals surface area contributed by atoms with Crippen LogP contribution in [0.3, 0.4) is 0 Å². The van der Waals surface area contributed by atoms with Crippen LogP contribution in [0.15, 0.2) is 12.4 Å². The first-order chi connectivity index (χ1) is 8.28. The van der Waals surface area contributed by atoms with Crippen molar-refractivity contribution in [3.05, 3.63) is 18.0 Å². The smallest absolute Gasteiger partial charge is 0.0561 e. The van der Waals surface area contributed by atoms with Gasteiger partial charge in [-0.1, -0.05) is 6.92 Å². The fourth-order valence-electron chi connectivity index (χ4n) is 2.29. The molecule has 0 bridgehead atoms. The van der Waals surface area contributed by atoms with Gasteiger partial charge >= 0.3 is 0 Å². The van der Waals surface area contributed by atoms with E-state index in [1.165, 1.54) is 5.56 Å². The Bertz CT molecular complexity index is 337. The van der Waals surface area contributed by atoms with Crippen LogP contribution in [0.25, 0.3) is 0 Å². The van der Waals surface area contributed by atoms with Crippen molar-refractivity contribution >= 4 is 0 Å². The predicted octanol–water partition coefficient (Wildman–Crippen LogP) is 1.95. The second kappa shape index (κ2) is 6.17. The molecule has 2 rings (SSSR count). The number of aryl methyl sites for hydroxylation is 1. The molecule has 1 aliphatic heterocycles. The first-order valence-electron chi connectivity index (χ1n) is 6.64. The molecule has 1 N–H and O–H groups in total. The molecule has 4 nitrogen and oxygen atoms in total. The summed E-state index contributed by atoms with van der Waals surface area (Å²) < 4.78 is 7.56. The van der Waals surface area contributed by atoms with Crippen molar-refractivity contribution in [2.45, 2.75) is 58.3 Å². The van der Waals surface area contributed by atoms with E-state index in [2.05, 4.69) is 30.5 Å². The second-order valence-electron chi connectivity index (χ2n) is 4.90. The zero-order valence-corrected chi connectivity index (χ0v) is 10.9. The predicted molar refractivity (Wildman–Crippen MR) is 67.8 cm³/mol. The minimum atomic E-state index is 0.393. The molecule has 17 heavy (non-hydrogen) atoms. The van der Waals surface area contributed by atoms with Gasteiger partial charge in [0.2, 0.25) is 0 Å². The van der Waals surface area contributed by atoms with Crippen LogP contribution in [0.5, 0.6) is 0 Å². The average molecular weight is 237 g/mol. The van der Waals surface area contributed by atoms with Crippen molar-refractivity contribution < 1.29 is 4.74 Å². The summed E-state index contributed by atoms with van der Waals surface area (Å²) in [5.41, 5.74) is 1.28. The Hall–Kier alpha value is -0.870. The highest BCUT2D eigenvalue weighted by Gasteiger charge is 2.18. The molecular weight excluding hydrogens is 214 g/mol. The number of aromatic nitrogens is 2. The lowest BCUT2D eigenvalue weighted by atomic mass is 10.0. The zero-order chi connectivity index (χ0) is 12.1. The first kappa shape index (κ1) is 12.6. The normalized spacial score (nSPS) is 25.1. The largest absolute Gasteiger partial charge is 0.378 e.